The van der Waals surface area contributed by atoms with E-state index >= 15 is 0 Å². The maximum absolute atomic E-state index is 5.19. The van der Waals surface area contributed by atoms with Crippen LogP contribution in [0.3, 0.4) is 0 Å². The topological polar surface area (TPSA) is 0 Å². The van der Waals surface area contributed by atoms with Crippen molar-refractivity contribution < 1.29 is 0 Å². The summed E-state index contributed by atoms with van der Waals surface area (Å²) in [5, 5.41) is -1.33. The highest BCUT2D eigenvalue weighted by Crippen LogP contribution is 2.97. The van der Waals surface area contributed by atoms with E-state index in [0.717, 1.165) is 47.3 Å². The Labute approximate surface area is 223 Å². The molecule has 9 rings (SSSR count). The van der Waals surface area contributed by atoms with Gasteiger partial charge in [-0.05, 0) is 126 Å². The third kappa shape index (κ3) is 2.15. The van der Waals surface area contributed by atoms with Crippen LogP contribution < -0.4 is 0 Å². The lowest BCUT2D eigenvalue weighted by atomic mass is 9.54. The molecule has 0 N–H and O–H groups in total. The van der Waals surface area contributed by atoms with Crippen LogP contribution in [0, 0.1) is 47.3 Å². The van der Waals surface area contributed by atoms with Crippen LogP contribution in [0.1, 0.15) is 85.0 Å². The van der Waals surface area contributed by atoms with E-state index in [1.165, 1.54) is 0 Å². The molecule has 0 aromatic heterocycles. The molecule has 1 heterocycles. The SMILES string of the molecule is CC(C)(C)[Si](C)(C)[Si]1(Br)C2(C3CC4CC(C3)CC2C4)[Si](Br)(Br)C12C1CC3CC(C1)CC2C3. The molecule has 8 aliphatic carbocycles. The minimum Gasteiger partial charge on any atom is -0.129 e. The van der Waals surface area contributed by atoms with E-state index in [2.05, 4.69) is 33.9 Å². The number of hydrogen-bond donors (Lipinski definition) is 0. The normalized spacial score (nSPS) is 59.2. The first-order valence-corrected chi connectivity index (χ1v) is 28.7. The fraction of sp³-hybridized carbons (Fsp3) is 1.00. The van der Waals surface area contributed by atoms with Crippen molar-refractivity contribution in [2.24, 2.45) is 47.3 Å². The Hall–Kier alpha value is 2.09. The molecule has 0 amide bonds. The summed E-state index contributed by atoms with van der Waals surface area (Å²) in [6.45, 7) is 13.8. The van der Waals surface area contributed by atoms with Crippen molar-refractivity contribution in [1.29, 1.82) is 0 Å². The van der Waals surface area contributed by atoms with Crippen molar-refractivity contribution >= 4 is 65.0 Å². The molecule has 0 atom stereocenters. The van der Waals surface area contributed by atoms with Crippen molar-refractivity contribution in [2.45, 2.75) is 112 Å². The first-order chi connectivity index (χ1) is 14.8. The monoisotopic (exact) mass is 676 g/mol. The van der Waals surface area contributed by atoms with Gasteiger partial charge in [-0.1, -0.05) is 33.9 Å². The van der Waals surface area contributed by atoms with E-state index in [1.807, 2.05) is 0 Å². The van der Waals surface area contributed by atoms with Crippen molar-refractivity contribution in [2.75, 3.05) is 0 Å². The highest BCUT2D eigenvalue weighted by Gasteiger charge is 2.97. The van der Waals surface area contributed by atoms with Gasteiger partial charge in [0.05, 0.1) is 7.59 Å². The second kappa shape index (κ2) is 6.56. The summed E-state index contributed by atoms with van der Waals surface area (Å²) in [5.41, 5.74) is 0. The predicted molar refractivity (Wildman–Crippen MR) is 155 cm³/mol. The van der Waals surface area contributed by atoms with Crippen molar-refractivity contribution in [1.82, 2.24) is 0 Å². The van der Waals surface area contributed by atoms with Gasteiger partial charge in [-0.3, -0.25) is 0 Å². The van der Waals surface area contributed by atoms with Gasteiger partial charge in [0.25, 0.3) is 0 Å². The van der Waals surface area contributed by atoms with E-state index in [1.54, 1.807) is 64.2 Å². The lowest BCUT2D eigenvalue weighted by Crippen LogP contribution is -2.95. The Balaban J connectivity index is 1.49. The van der Waals surface area contributed by atoms with Crippen LogP contribution in [0.5, 0.6) is 0 Å². The number of hydrogen-bond acceptors (Lipinski definition) is 0. The fourth-order valence-electron chi connectivity index (χ4n) is 12.6. The highest BCUT2D eigenvalue weighted by molar-refractivity contribution is 9.52. The second-order valence-corrected chi connectivity index (χ2v) is 49.1. The van der Waals surface area contributed by atoms with E-state index in [9.17, 15) is 0 Å². The fourth-order valence-corrected chi connectivity index (χ4v) is 98.3. The average molecular weight is 680 g/mol. The van der Waals surface area contributed by atoms with Gasteiger partial charge < -0.3 is 0 Å². The molecule has 6 heteroatoms. The summed E-state index contributed by atoms with van der Waals surface area (Å²) in [4.78, 5) is 0. The lowest BCUT2D eigenvalue weighted by molar-refractivity contribution is -0.0375. The van der Waals surface area contributed by atoms with Crippen LogP contribution in [-0.4, -0.2) is 19.1 Å². The average Bonchev–Trinajstić information content (AvgIpc) is 2.65. The van der Waals surface area contributed by atoms with E-state index in [0.29, 0.717) is 14.4 Å². The van der Waals surface area contributed by atoms with Gasteiger partial charge in [0.15, 0.2) is 0 Å². The maximum atomic E-state index is 5.19. The Bertz CT molecular complexity index is 751. The van der Waals surface area contributed by atoms with Crippen LogP contribution in [0.15, 0.2) is 0 Å². The second-order valence-electron chi connectivity index (χ2n) is 15.5. The zero-order chi connectivity index (χ0) is 22.7. The quantitative estimate of drug-likeness (QED) is 0.191. The van der Waals surface area contributed by atoms with Crippen molar-refractivity contribution in [3.05, 3.63) is 0 Å². The minimum atomic E-state index is -1.81. The lowest BCUT2D eigenvalue weighted by Gasteiger charge is -2.90. The zero-order valence-corrected chi connectivity index (χ0v) is 28.6. The summed E-state index contributed by atoms with van der Waals surface area (Å²) >= 11 is 15.0. The van der Waals surface area contributed by atoms with E-state index in [-0.39, 0.29) is 0 Å². The molecule has 0 aromatic carbocycles. The Morgan fingerprint density at radius 2 is 0.875 bits per heavy atom. The van der Waals surface area contributed by atoms with Crippen molar-refractivity contribution in [3.8, 4) is 0 Å². The van der Waals surface area contributed by atoms with Crippen LogP contribution in [0.2, 0.25) is 27.5 Å². The van der Waals surface area contributed by atoms with Gasteiger partial charge in [0.1, 0.15) is 6.21 Å². The first-order valence-electron chi connectivity index (χ1n) is 13.9. The Morgan fingerprint density at radius 3 is 1.12 bits per heavy atom. The molecule has 9 aliphatic rings. The molecule has 2 spiro atoms. The molecule has 0 nitrogen and oxygen atoms in total. The summed E-state index contributed by atoms with van der Waals surface area (Å²) in [6.07, 6.45) is 14.1. The Morgan fingerprint density at radius 1 is 0.594 bits per heavy atom. The van der Waals surface area contributed by atoms with Gasteiger partial charge in [0, 0.05) is 0 Å². The molecule has 32 heavy (non-hydrogen) atoms. The molecule has 1 saturated heterocycles. The highest BCUT2D eigenvalue weighted by atomic mass is 79.9. The Kier molecular flexibility index (Phi) is 4.76. The third-order valence-electron chi connectivity index (χ3n) is 13.8. The van der Waals surface area contributed by atoms with Gasteiger partial charge in [-0.25, -0.2) is 0 Å². The molecule has 8 saturated carbocycles. The maximum Gasteiger partial charge on any atom is 0.210 e. The van der Waals surface area contributed by atoms with Gasteiger partial charge in [0.2, 0.25) is 5.31 Å². The van der Waals surface area contributed by atoms with Gasteiger partial charge in [-0.2, -0.15) is 0 Å². The van der Waals surface area contributed by atoms with Crippen LogP contribution in [0.25, 0.3) is 0 Å². The number of rotatable bonds is 1. The molecule has 0 unspecified atom stereocenters. The molecule has 1 aliphatic heterocycles. The smallest absolute Gasteiger partial charge is 0.129 e. The summed E-state index contributed by atoms with van der Waals surface area (Å²) < 4.78 is 1.34. The zero-order valence-electron chi connectivity index (χ0n) is 20.8. The summed E-state index contributed by atoms with van der Waals surface area (Å²) in [5.74, 6) is 8.45. The minimum absolute atomic E-state index is 0.483. The van der Waals surface area contributed by atoms with Crippen LogP contribution in [0.4, 0.5) is 0 Å². The molecule has 9 fully saturated rings. The summed E-state index contributed by atoms with van der Waals surface area (Å²) in [6, 6.07) is 0. The number of halogens is 3. The van der Waals surface area contributed by atoms with Crippen LogP contribution in [-0.2, 0) is 0 Å². The van der Waals surface area contributed by atoms with Crippen LogP contribution >= 0.6 is 45.9 Å². The molecular formula is C26H43Br3Si3. The first kappa shape index (κ1) is 23.2. The summed E-state index contributed by atoms with van der Waals surface area (Å²) in [7, 11) is -1.57. The molecule has 8 bridgehead atoms. The third-order valence-corrected chi connectivity index (χ3v) is 70.1. The van der Waals surface area contributed by atoms with Gasteiger partial charge in [-0.15, -0.1) is 45.9 Å². The van der Waals surface area contributed by atoms with Gasteiger partial charge >= 0.3 is 0 Å². The standard InChI is InChI=1S/C26H43Br3Si3/c1-24(2,3)30(4,5)32(29)25(20-8-16-6-17(10-20)11-21(25)9-16)31(27,28)26(32)22-12-18-7-19(14-22)15-23(26)13-18/h16-23H,6-15H2,1-5H3. The molecular weight excluding hydrogens is 636 g/mol. The van der Waals surface area contributed by atoms with Crippen molar-refractivity contribution in [3.63, 3.8) is 0 Å². The molecule has 180 valence electrons. The predicted octanol–water partition coefficient (Wildman–Crippen LogP) is 9.63. The largest absolute Gasteiger partial charge is 0.210 e. The van der Waals surface area contributed by atoms with E-state index < -0.39 is 19.1 Å². The van der Waals surface area contributed by atoms with E-state index in [4.69, 9.17) is 45.9 Å². The molecule has 0 radical (unpaired) electrons. The molecule has 0 aromatic rings.